The Balaban J connectivity index is 2.03. The largest absolute Gasteiger partial charge is 0.324 e. The number of fused-ring (bicyclic) bond motifs is 1. The summed E-state index contributed by atoms with van der Waals surface area (Å²) in [4.78, 5) is 4.68. The van der Waals surface area contributed by atoms with Crippen molar-refractivity contribution >= 4 is 46.0 Å². The van der Waals surface area contributed by atoms with Crippen molar-refractivity contribution in [2.75, 3.05) is 5.75 Å². The number of hydrogen-bond donors (Lipinski definition) is 0. The molecule has 2 nitrogen and oxygen atoms in total. The van der Waals surface area contributed by atoms with E-state index < -0.39 is 0 Å². The van der Waals surface area contributed by atoms with E-state index in [1.807, 2.05) is 25.1 Å². The van der Waals surface area contributed by atoms with Gasteiger partial charge in [0.15, 0.2) is 0 Å². The third-order valence-electron chi connectivity index (χ3n) is 3.76. The number of para-hydroxylation sites is 1. The predicted octanol–water partition coefficient (Wildman–Crippen LogP) is 5.28. The van der Waals surface area contributed by atoms with Gasteiger partial charge in [-0.3, -0.25) is 0 Å². The van der Waals surface area contributed by atoms with Crippen LogP contribution in [0.4, 0.5) is 0 Å². The van der Waals surface area contributed by atoms with Crippen molar-refractivity contribution in [2.24, 2.45) is 0 Å². The molecule has 1 aliphatic heterocycles. The van der Waals surface area contributed by atoms with Gasteiger partial charge in [0.05, 0.1) is 21.4 Å². The van der Waals surface area contributed by atoms with Crippen LogP contribution in [-0.4, -0.2) is 20.6 Å². The minimum absolute atomic E-state index is 0.105. The molecule has 1 fully saturated rings. The standard InChI is InChI=1S/C15H18Cl2N2S/c1-10(16)15-18-13-7-4-6-12(17)14(13)19(15)9-11-5-2-3-8-20-11/h4,6-7,10-11H,2-3,5,8-9H2,1H3. The summed E-state index contributed by atoms with van der Waals surface area (Å²) in [5, 5.41) is 1.30. The number of thioether (sulfide) groups is 1. The smallest absolute Gasteiger partial charge is 0.127 e. The van der Waals surface area contributed by atoms with Crippen molar-refractivity contribution < 1.29 is 0 Å². The van der Waals surface area contributed by atoms with Crippen molar-refractivity contribution in [3.05, 3.63) is 29.0 Å². The highest BCUT2D eigenvalue weighted by molar-refractivity contribution is 7.99. The minimum atomic E-state index is -0.105. The Hall–Kier alpha value is -0.380. The third kappa shape index (κ3) is 2.81. The molecule has 1 aliphatic rings. The SMILES string of the molecule is CC(Cl)c1nc2cccc(Cl)c2n1CC1CCCCS1. The Morgan fingerprint density at radius 3 is 3.00 bits per heavy atom. The predicted molar refractivity (Wildman–Crippen MR) is 89.1 cm³/mol. The van der Waals surface area contributed by atoms with Gasteiger partial charge in [0.25, 0.3) is 0 Å². The zero-order valence-corrected chi connectivity index (χ0v) is 13.8. The van der Waals surface area contributed by atoms with Crippen LogP contribution in [0.25, 0.3) is 11.0 Å². The van der Waals surface area contributed by atoms with Crippen LogP contribution in [0, 0.1) is 0 Å². The number of aromatic nitrogens is 2. The Labute approximate surface area is 133 Å². The summed E-state index contributed by atoms with van der Waals surface area (Å²) < 4.78 is 2.23. The Morgan fingerprint density at radius 1 is 1.45 bits per heavy atom. The molecule has 0 spiro atoms. The first-order chi connectivity index (χ1) is 9.66. The van der Waals surface area contributed by atoms with Gasteiger partial charge in [0, 0.05) is 11.8 Å². The van der Waals surface area contributed by atoms with E-state index in [4.69, 9.17) is 23.2 Å². The van der Waals surface area contributed by atoms with Gasteiger partial charge in [-0.15, -0.1) is 11.6 Å². The third-order valence-corrected chi connectivity index (χ3v) is 5.64. The molecule has 0 aliphatic carbocycles. The number of hydrogen-bond acceptors (Lipinski definition) is 2. The van der Waals surface area contributed by atoms with Gasteiger partial charge in [-0.1, -0.05) is 24.1 Å². The molecule has 108 valence electrons. The van der Waals surface area contributed by atoms with E-state index in [-0.39, 0.29) is 5.38 Å². The Bertz CT molecular complexity index is 603. The van der Waals surface area contributed by atoms with Gasteiger partial charge in [0.2, 0.25) is 0 Å². The number of nitrogens with zero attached hydrogens (tertiary/aromatic N) is 2. The molecule has 0 radical (unpaired) electrons. The molecule has 2 unspecified atom stereocenters. The van der Waals surface area contributed by atoms with Crippen LogP contribution in [0.1, 0.15) is 37.4 Å². The Kier molecular flexibility index (Phi) is 4.49. The quantitative estimate of drug-likeness (QED) is 0.714. The molecule has 1 aromatic carbocycles. The first kappa shape index (κ1) is 14.6. The highest BCUT2D eigenvalue weighted by atomic mass is 35.5. The van der Waals surface area contributed by atoms with Crippen LogP contribution in [0.2, 0.25) is 5.02 Å². The van der Waals surface area contributed by atoms with E-state index in [1.54, 1.807) is 0 Å². The van der Waals surface area contributed by atoms with Crippen molar-refractivity contribution in [3.63, 3.8) is 0 Å². The summed E-state index contributed by atoms with van der Waals surface area (Å²) in [5.41, 5.74) is 1.98. The molecular formula is C15H18Cl2N2S. The average Bonchev–Trinajstić information content (AvgIpc) is 2.80. The van der Waals surface area contributed by atoms with E-state index in [1.165, 1.54) is 25.0 Å². The molecule has 20 heavy (non-hydrogen) atoms. The lowest BCUT2D eigenvalue weighted by atomic mass is 10.2. The van der Waals surface area contributed by atoms with Crippen LogP contribution in [0.3, 0.4) is 0 Å². The van der Waals surface area contributed by atoms with Crippen LogP contribution in [0.15, 0.2) is 18.2 Å². The molecule has 5 heteroatoms. The van der Waals surface area contributed by atoms with Crippen molar-refractivity contribution in [2.45, 2.75) is 43.4 Å². The first-order valence-corrected chi connectivity index (χ1v) is 8.93. The van der Waals surface area contributed by atoms with E-state index in [0.29, 0.717) is 5.25 Å². The molecule has 1 saturated heterocycles. The maximum Gasteiger partial charge on any atom is 0.127 e. The lowest BCUT2D eigenvalue weighted by Crippen LogP contribution is -2.18. The van der Waals surface area contributed by atoms with Crippen LogP contribution >= 0.6 is 35.0 Å². The molecule has 1 aromatic heterocycles. The monoisotopic (exact) mass is 328 g/mol. The summed E-state index contributed by atoms with van der Waals surface area (Å²) in [6.07, 6.45) is 3.93. The lowest BCUT2D eigenvalue weighted by Gasteiger charge is -2.23. The van der Waals surface area contributed by atoms with E-state index >= 15 is 0 Å². The van der Waals surface area contributed by atoms with Gasteiger partial charge < -0.3 is 4.57 Å². The second kappa shape index (κ2) is 6.17. The molecule has 0 bridgehead atoms. The number of imidazole rings is 1. The maximum atomic E-state index is 6.39. The fourth-order valence-corrected chi connectivity index (χ4v) is 4.53. The topological polar surface area (TPSA) is 17.8 Å². The normalized spacial score (nSPS) is 21.2. The van der Waals surface area contributed by atoms with Gasteiger partial charge in [0.1, 0.15) is 5.82 Å². The number of alkyl halides is 1. The number of rotatable bonds is 3. The average molecular weight is 329 g/mol. The summed E-state index contributed by atoms with van der Waals surface area (Å²) in [6, 6.07) is 5.88. The molecule has 0 N–H and O–H groups in total. The van der Waals surface area contributed by atoms with E-state index in [2.05, 4.69) is 21.3 Å². The lowest BCUT2D eigenvalue weighted by molar-refractivity contribution is 0.575. The highest BCUT2D eigenvalue weighted by Gasteiger charge is 2.21. The van der Waals surface area contributed by atoms with E-state index in [9.17, 15) is 0 Å². The van der Waals surface area contributed by atoms with Crippen LogP contribution < -0.4 is 0 Å². The van der Waals surface area contributed by atoms with Gasteiger partial charge in [-0.2, -0.15) is 11.8 Å². The number of halogens is 2. The number of benzene rings is 1. The van der Waals surface area contributed by atoms with Crippen molar-refractivity contribution in [1.82, 2.24) is 9.55 Å². The minimum Gasteiger partial charge on any atom is -0.324 e. The summed E-state index contributed by atoms with van der Waals surface area (Å²) >= 11 is 14.8. The van der Waals surface area contributed by atoms with Gasteiger partial charge in [-0.05, 0) is 37.7 Å². The fraction of sp³-hybridized carbons (Fsp3) is 0.533. The van der Waals surface area contributed by atoms with Crippen molar-refractivity contribution in [3.8, 4) is 0 Å². The van der Waals surface area contributed by atoms with Gasteiger partial charge in [-0.25, -0.2) is 4.98 Å². The van der Waals surface area contributed by atoms with Crippen LogP contribution in [0.5, 0.6) is 0 Å². The summed E-state index contributed by atoms with van der Waals surface area (Å²) in [7, 11) is 0. The maximum absolute atomic E-state index is 6.39. The molecule has 2 heterocycles. The molecule has 3 rings (SSSR count). The molecule has 2 aromatic rings. The molecular weight excluding hydrogens is 311 g/mol. The second-order valence-electron chi connectivity index (χ2n) is 5.29. The van der Waals surface area contributed by atoms with Gasteiger partial charge >= 0.3 is 0 Å². The fourth-order valence-electron chi connectivity index (χ4n) is 2.80. The van der Waals surface area contributed by atoms with Crippen LogP contribution in [-0.2, 0) is 6.54 Å². The molecule has 2 atom stereocenters. The molecule has 0 saturated carbocycles. The first-order valence-electron chi connectivity index (χ1n) is 7.07. The second-order valence-corrected chi connectivity index (χ2v) is 7.76. The zero-order chi connectivity index (χ0) is 14.1. The summed E-state index contributed by atoms with van der Waals surface area (Å²) in [5.74, 6) is 2.19. The van der Waals surface area contributed by atoms with Crippen molar-refractivity contribution in [1.29, 1.82) is 0 Å². The highest BCUT2D eigenvalue weighted by Crippen LogP contribution is 2.33. The Morgan fingerprint density at radius 2 is 2.30 bits per heavy atom. The van der Waals surface area contributed by atoms with E-state index in [0.717, 1.165) is 28.4 Å². The molecule has 0 amide bonds. The summed E-state index contributed by atoms with van der Waals surface area (Å²) in [6.45, 7) is 2.93. The zero-order valence-electron chi connectivity index (χ0n) is 11.5.